The summed E-state index contributed by atoms with van der Waals surface area (Å²) in [6, 6.07) is 1.97. The third-order valence-electron chi connectivity index (χ3n) is 3.47. The van der Waals surface area contributed by atoms with Gasteiger partial charge in [0.15, 0.2) is 0 Å². The predicted octanol–water partition coefficient (Wildman–Crippen LogP) is 2.73. The molecule has 1 heterocycles. The van der Waals surface area contributed by atoms with E-state index in [2.05, 4.69) is 10.3 Å². The normalized spacial score (nSPS) is 16.7. The van der Waals surface area contributed by atoms with Gasteiger partial charge in [0.1, 0.15) is 5.82 Å². The molecule has 1 aromatic rings. The molecular formula is C14H23N3O. The average Bonchev–Trinajstić information content (AvgIpc) is 2.40. The van der Waals surface area contributed by atoms with Crippen molar-refractivity contribution in [2.75, 3.05) is 24.2 Å². The van der Waals surface area contributed by atoms with Crippen LogP contribution in [-0.4, -0.2) is 24.2 Å². The molecule has 4 nitrogen and oxygen atoms in total. The Morgan fingerprint density at radius 1 is 1.39 bits per heavy atom. The van der Waals surface area contributed by atoms with Crippen LogP contribution in [0, 0.1) is 6.92 Å². The SMILES string of the molecule is Cc1cc(NCCOC2CCCCC2)ncc1N. The Morgan fingerprint density at radius 3 is 2.89 bits per heavy atom. The van der Waals surface area contributed by atoms with E-state index in [0.717, 1.165) is 30.2 Å². The monoisotopic (exact) mass is 249 g/mol. The standard InChI is InChI=1S/C14H23N3O/c1-11-9-14(17-10-13(11)15)16-7-8-18-12-5-3-2-4-6-12/h9-10,12H,2-8,15H2,1H3,(H,16,17). The molecule has 1 aromatic heterocycles. The van der Waals surface area contributed by atoms with Gasteiger partial charge in [0.05, 0.1) is 24.6 Å². The van der Waals surface area contributed by atoms with Gasteiger partial charge in [-0.25, -0.2) is 4.98 Å². The number of aromatic nitrogens is 1. The lowest BCUT2D eigenvalue weighted by Crippen LogP contribution is -2.20. The van der Waals surface area contributed by atoms with Gasteiger partial charge in [-0.2, -0.15) is 0 Å². The molecule has 0 saturated heterocycles. The predicted molar refractivity (Wildman–Crippen MR) is 74.7 cm³/mol. The lowest BCUT2D eigenvalue weighted by Gasteiger charge is -2.22. The van der Waals surface area contributed by atoms with Crippen LogP contribution >= 0.6 is 0 Å². The molecule has 2 rings (SSSR count). The summed E-state index contributed by atoms with van der Waals surface area (Å²) in [7, 11) is 0. The number of nitrogens with one attached hydrogen (secondary N) is 1. The van der Waals surface area contributed by atoms with E-state index in [1.165, 1.54) is 32.1 Å². The summed E-state index contributed by atoms with van der Waals surface area (Å²) in [4.78, 5) is 4.23. The second-order valence-electron chi connectivity index (χ2n) is 4.98. The van der Waals surface area contributed by atoms with E-state index < -0.39 is 0 Å². The zero-order valence-electron chi connectivity index (χ0n) is 11.1. The Morgan fingerprint density at radius 2 is 2.17 bits per heavy atom. The van der Waals surface area contributed by atoms with Crippen LogP contribution in [0.4, 0.5) is 11.5 Å². The van der Waals surface area contributed by atoms with Gasteiger partial charge in [-0.15, -0.1) is 0 Å². The van der Waals surface area contributed by atoms with Crippen molar-refractivity contribution in [1.29, 1.82) is 0 Å². The van der Waals surface area contributed by atoms with Gasteiger partial charge in [-0.1, -0.05) is 19.3 Å². The van der Waals surface area contributed by atoms with Crippen LogP contribution in [0.15, 0.2) is 12.3 Å². The second-order valence-corrected chi connectivity index (χ2v) is 4.98. The van der Waals surface area contributed by atoms with Gasteiger partial charge in [0.2, 0.25) is 0 Å². The highest BCUT2D eigenvalue weighted by Crippen LogP contribution is 2.20. The van der Waals surface area contributed by atoms with Crippen LogP contribution in [0.25, 0.3) is 0 Å². The molecule has 0 unspecified atom stereocenters. The number of rotatable bonds is 5. The largest absolute Gasteiger partial charge is 0.397 e. The first-order chi connectivity index (χ1) is 8.75. The quantitative estimate of drug-likeness (QED) is 0.788. The number of ether oxygens (including phenoxy) is 1. The highest BCUT2D eigenvalue weighted by molar-refractivity contribution is 5.50. The Bertz CT molecular complexity index is 375. The Kier molecular flexibility index (Phi) is 4.81. The van der Waals surface area contributed by atoms with Crippen LogP contribution in [0.2, 0.25) is 0 Å². The highest BCUT2D eigenvalue weighted by Gasteiger charge is 2.12. The van der Waals surface area contributed by atoms with Crippen LogP contribution in [0.5, 0.6) is 0 Å². The summed E-state index contributed by atoms with van der Waals surface area (Å²) in [5.41, 5.74) is 7.52. The number of aryl methyl sites for hydroxylation is 1. The van der Waals surface area contributed by atoms with E-state index in [1.807, 2.05) is 13.0 Å². The molecule has 0 radical (unpaired) electrons. The summed E-state index contributed by atoms with van der Waals surface area (Å²) in [5.74, 6) is 0.869. The topological polar surface area (TPSA) is 60.2 Å². The van der Waals surface area contributed by atoms with Crippen molar-refractivity contribution in [1.82, 2.24) is 4.98 Å². The molecule has 1 aliphatic carbocycles. The van der Waals surface area contributed by atoms with Crippen LogP contribution in [0.1, 0.15) is 37.7 Å². The summed E-state index contributed by atoms with van der Waals surface area (Å²) in [6.45, 7) is 3.53. The second kappa shape index (κ2) is 6.59. The van der Waals surface area contributed by atoms with Crippen molar-refractivity contribution >= 4 is 11.5 Å². The number of hydrogen-bond donors (Lipinski definition) is 2. The van der Waals surface area contributed by atoms with E-state index >= 15 is 0 Å². The lowest BCUT2D eigenvalue weighted by molar-refractivity contribution is 0.0347. The third-order valence-corrected chi connectivity index (χ3v) is 3.47. The first kappa shape index (κ1) is 13.1. The average molecular weight is 249 g/mol. The van der Waals surface area contributed by atoms with Crippen molar-refractivity contribution in [3.05, 3.63) is 17.8 Å². The van der Waals surface area contributed by atoms with E-state index in [9.17, 15) is 0 Å². The minimum atomic E-state index is 0.474. The third kappa shape index (κ3) is 3.88. The lowest BCUT2D eigenvalue weighted by atomic mass is 9.98. The van der Waals surface area contributed by atoms with Crippen molar-refractivity contribution in [3.63, 3.8) is 0 Å². The van der Waals surface area contributed by atoms with E-state index in [4.69, 9.17) is 10.5 Å². The van der Waals surface area contributed by atoms with Gasteiger partial charge in [0, 0.05) is 6.54 Å². The molecule has 4 heteroatoms. The zero-order chi connectivity index (χ0) is 12.8. The Hall–Kier alpha value is -1.29. The number of nitrogens with zero attached hydrogens (tertiary/aromatic N) is 1. The smallest absolute Gasteiger partial charge is 0.126 e. The summed E-state index contributed by atoms with van der Waals surface area (Å²) in [6.07, 6.45) is 8.61. The maximum Gasteiger partial charge on any atom is 0.126 e. The molecule has 3 N–H and O–H groups in total. The van der Waals surface area contributed by atoms with Gasteiger partial charge in [-0.3, -0.25) is 0 Å². The summed E-state index contributed by atoms with van der Waals surface area (Å²) < 4.78 is 5.84. The van der Waals surface area contributed by atoms with Crippen molar-refractivity contribution < 1.29 is 4.74 Å². The van der Waals surface area contributed by atoms with Crippen LogP contribution in [0.3, 0.4) is 0 Å². The van der Waals surface area contributed by atoms with Gasteiger partial charge < -0.3 is 15.8 Å². The molecule has 0 atom stereocenters. The fourth-order valence-corrected chi connectivity index (χ4v) is 2.30. The molecule has 1 saturated carbocycles. The summed E-state index contributed by atoms with van der Waals surface area (Å²) in [5, 5.41) is 3.26. The van der Waals surface area contributed by atoms with E-state index in [-0.39, 0.29) is 0 Å². The van der Waals surface area contributed by atoms with Crippen LogP contribution in [-0.2, 0) is 4.74 Å². The van der Waals surface area contributed by atoms with Gasteiger partial charge in [-0.05, 0) is 31.4 Å². The molecule has 0 bridgehead atoms. The number of nitrogen functional groups attached to an aromatic ring is 1. The first-order valence-corrected chi connectivity index (χ1v) is 6.83. The highest BCUT2D eigenvalue weighted by atomic mass is 16.5. The molecule has 0 spiro atoms. The minimum Gasteiger partial charge on any atom is -0.397 e. The number of nitrogens with two attached hydrogens (primary N) is 1. The summed E-state index contributed by atoms with van der Waals surface area (Å²) >= 11 is 0. The molecule has 1 fully saturated rings. The minimum absolute atomic E-state index is 0.474. The van der Waals surface area contributed by atoms with Crippen molar-refractivity contribution in [3.8, 4) is 0 Å². The number of hydrogen-bond acceptors (Lipinski definition) is 4. The number of anilines is 2. The van der Waals surface area contributed by atoms with Crippen molar-refractivity contribution in [2.45, 2.75) is 45.1 Å². The van der Waals surface area contributed by atoms with Gasteiger partial charge >= 0.3 is 0 Å². The van der Waals surface area contributed by atoms with Gasteiger partial charge in [0.25, 0.3) is 0 Å². The number of pyridine rings is 1. The molecule has 18 heavy (non-hydrogen) atoms. The Labute approximate surface area is 109 Å². The first-order valence-electron chi connectivity index (χ1n) is 6.83. The van der Waals surface area contributed by atoms with E-state index in [1.54, 1.807) is 6.20 Å². The molecule has 100 valence electrons. The van der Waals surface area contributed by atoms with Crippen LogP contribution < -0.4 is 11.1 Å². The molecule has 0 aliphatic heterocycles. The maximum absolute atomic E-state index is 5.84. The fraction of sp³-hybridized carbons (Fsp3) is 0.643. The van der Waals surface area contributed by atoms with E-state index in [0.29, 0.717) is 6.10 Å². The Balaban J connectivity index is 1.66. The molecule has 0 aromatic carbocycles. The fourth-order valence-electron chi connectivity index (χ4n) is 2.30. The van der Waals surface area contributed by atoms with Crippen molar-refractivity contribution in [2.24, 2.45) is 0 Å². The maximum atomic E-state index is 5.84. The molecular weight excluding hydrogens is 226 g/mol. The zero-order valence-corrected chi connectivity index (χ0v) is 11.1. The molecule has 1 aliphatic rings. The molecule has 0 amide bonds.